The minimum absolute atomic E-state index is 0.273. The van der Waals surface area contributed by atoms with Crippen LogP contribution in [0.1, 0.15) is 18.1 Å². The summed E-state index contributed by atoms with van der Waals surface area (Å²) in [5.41, 5.74) is 0.680. The van der Waals surface area contributed by atoms with E-state index in [2.05, 4.69) is 10.1 Å². The standard InChI is InChI=1S/C12H16ClNO3/c1-17-12(16)6-7-14-8-11(15)9-4-2-3-5-10(9)13/h2-5,11,14-15H,6-8H2,1H3. The monoisotopic (exact) mass is 257 g/mol. The van der Waals surface area contributed by atoms with Crippen molar-refractivity contribution in [1.29, 1.82) is 0 Å². The van der Waals surface area contributed by atoms with Crippen LogP contribution in [0.4, 0.5) is 0 Å². The van der Waals surface area contributed by atoms with E-state index in [0.717, 1.165) is 0 Å². The van der Waals surface area contributed by atoms with Gasteiger partial charge in [-0.15, -0.1) is 0 Å². The molecule has 0 amide bonds. The topological polar surface area (TPSA) is 58.6 Å². The summed E-state index contributed by atoms with van der Waals surface area (Å²) in [5, 5.41) is 13.4. The Labute approximate surface area is 106 Å². The van der Waals surface area contributed by atoms with E-state index in [1.165, 1.54) is 7.11 Å². The Morgan fingerprint density at radius 1 is 1.53 bits per heavy atom. The molecule has 0 spiro atoms. The number of carbonyl (C=O) groups excluding carboxylic acids is 1. The van der Waals surface area contributed by atoms with Gasteiger partial charge in [0.2, 0.25) is 0 Å². The van der Waals surface area contributed by atoms with Gasteiger partial charge in [-0.05, 0) is 6.07 Å². The molecule has 2 N–H and O–H groups in total. The number of hydrogen-bond acceptors (Lipinski definition) is 4. The summed E-state index contributed by atoms with van der Waals surface area (Å²) in [4.78, 5) is 10.8. The second-order valence-corrected chi connectivity index (χ2v) is 3.97. The predicted molar refractivity (Wildman–Crippen MR) is 65.9 cm³/mol. The average molecular weight is 258 g/mol. The highest BCUT2D eigenvalue weighted by Crippen LogP contribution is 2.21. The summed E-state index contributed by atoms with van der Waals surface area (Å²) < 4.78 is 4.50. The van der Waals surface area contributed by atoms with Crippen LogP contribution < -0.4 is 5.32 Å². The molecule has 0 aliphatic rings. The van der Waals surface area contributed by atoms with Gasteiger partial charge in [-0.2, -0.15) is 0 Å². The van der Waals surface area contributed by atoms with Crippen LogP contribution in [0, 0.1) is 0 Å². The highest BCUT2D eigenvalue weighted by molar-refractivity contribution is 6.31. The Morgan fingerprint density at radius 2 is 2.24 bits per heavy atom. The maximum absolute atomic E-state index is 10.8. The fourth-order valence-electron chi connectivity index (χ4n) is 1.39. The van der Waals surface area contributed by atoms with Crippen LogP contribution in [0.5, 0.6) is 0 Å². The molecule has 0 aliphatic heterocycles. The van der Waals surface area contributed by atoms with E-state index >= 15 is 0 Å². The minimum Gasteiger partial charge on any atom is -0.469 e. The first-order valence-electron chi connectivity index (χ1n) is 5.35. The molecule has 0 fully saturated rings. The molecular formula is C12H16ClNO3. The van der Waals surface area contributed by atoms with Crippen molar-refractivity contribution in [3.63, 3.8) is 0 Å². The van der Waals surface area contributed by atoms with Crippen molar-refractivity contribution >= 4 is 17.6 Å². The normalized spacial score (nSPS) is 12.2. The van der Waals surface area contributed by atoms with Crippen LogP contribution in [0.15, 0.2) is 24.3 Å². The fourth-order valence-corrected chi connectivity index (χ4v) is 1.65. The molecule has 0 saturated heterocycles. The molecule has 0 aromatic heterocycles. The number of aliphatic hydroxyl groups excluding tert-OH is 1. The van der Waals surface area contributed by atoms with Gasteiger partial charge in [0.05, 0.1) is 19.6 Å². The van der Waals surface area contributed by atoms with Crippen LogP contribution >= 0.6 is 11.6 Å². The van der Waals surface area contributed by atoms with Gasteiger partial charge in [0.25, 0.3) is 0 Å². The van der Waals surface area contributed by atoms with E-state index in [9.17, 15) is 9.90 Å². The molecule has 0 saturated carbocycles. The molecule has 17 heavy (non-hydrogen) atoms. The lowest BCUT2D eigenvalue weighted by Gasteiger charge is -2.13. The van der Waals surface area contributed by atoms with E-state index in [1.54, 1.807) is 12.1 Å². The van der Waals surface area contributed by atoms with Gasteiger partial charge in [0.1, 0.15) is 0 Å². The Balaban J connectivity index is 2.33. The molecule has 1 atom stereocenters. The number of methoxy groups -OCH3 is 1. The summed E-state index contributed by atoms with van der Waals surface area (Å²) in [6.45, 7) is 0.814. The van der Waals surface area contributed by atoms with Crippen molar-refractivity contribution in [1.82, 2.24) is 5.32 Å². The lowest BCUT2D eigenvalue weighted by atomic mass is 10.1. The first-order valence-corrected chi connectivity index (χ1v) is 5.73. The Hall–Kier alpha value is -1.10. The smallest absolute Gasteiger partial charge is 0.306 e. The van der Waals surface area contributed by atoms with Gasteiger partial charge in [-0.25, -0.2) is 0 Å². The number of carbonyl (C=O) groups is 1. The van der Waals surface area contributed by atoms with Crippen LogP contribution in [0.3, 0.4) is 0 Å². The first kappa shape index (κ1) is 14.0. The number of benzene rings is 1. The third-order valence-corrected chi connectivity index (χ3v) is 2.68. The predicted octanol–water partition coefficient (Wildman–Crippen LogP) is 1.53. The van der Waals surface area contributed by atoms with E-state index in [4.69, 9.17) is 11.6 Å². The Kier molecular flexibility index (Phi) is 5.97. The number of esters is 1. The lowest BCUT2D eigenvalue weighted by Crippen LogP contribution is -2.24. The van der Waals surface area contributed by atoms with Crippen LogP contribution in [-0.4, -0.2) is 31.3 Å². The minimum atomic E-state index is -0.679. The average Bonchev–Trinajstić information content (AvgIpc) is 2.34. The number of rotatable bonds is 6. The molecule has 1 aromatic rings. The molecule has 5 heteroatoms. The third kappa shape index (κ3) is 4.73. The zero-order valence-electron chi connectivity index (χ0n) is 9.65. The maximum atomic E-state index is 10.8. The highest BCUT2D eigenvalue weighted by Gasteiger charge is 2.10. The number of ether oxygens (including phenoxy) is 1. The van der Waals surface area contributed by atoms with Crippen molar-refractivity contribution in [2.24, 2.45) is 0 Å². The molecule has 4 nitrogen and oxygen atoms in total. The van der Waals surface area contributed by atoms with Gasteiger partial charge >= 0.3 is 5.97 Å². The van der Waals surface area contributed by atoms with Crippen LogP contribution in [0.2, 0.25) is 5.02 Å². The molecule has 0 bridgehead atoms. The first-order chi connectivity index (χ1) is 8.15. The molecule has 0 radical (unpaired) electrons. The molecule has 1 aromatic carbocycles. The second kappa shape index (κ2) is 7.27. The maximum Gasteiger partial charge on any atom is 0.306 e. The number of nitrogens with one attached hydrogen (secondary N) is 1. The molecular weight excluding hydrogens is 242 g/mol. The Morgan fingerprint density at radius 3 is 2.88 bits per heavy atom. The summed E-state index contributed by atoms with van der Waals surface area (Å²) >= 11 is 5.94. The zero-order valence-corrected chi connectivity index (χ0v) is 10.4. The number of hydrogen-bond donors (Lipinski definition) is 2. The van der Waals surface area contributed by atoms with E-state index in [-0.39, 0.29) is 12.4 Å². The summed E-state index contributed by atoms with van der Waals surface area (Å²) in [6, 6.07) is 7.13. The summed E-state index contributed by atoms with van der Waals surface area (Å²) in [7, 11) is 1.35. The van der Waals surface area contributed by atoms with Crippen LogP contribution in [-0.2, 0) is 9.53 Å². The fraction of sp³-hybridized carbons (Fsp3) is 0.417. The third-order valence-electron chi connectivity index (χ3n) is 2.34. The van der Waals surface area contributed by atoms with Crippen LogP contribution in [0.25, 0.3) is 0 Å². The SMILES string of the molecule is COC(=O)CCNCC(O)c1ccccc1Cl. The van der Waals surface area contributed by atoms with Crippen molar-refractivity contribution in [3.8, 4) is 0 Å². The van der Waals surface area contributed by atoms with Crippen molar-refractivity contribution in [3.05, 3.63) is 34.9 Å². The van der Waals surface area contributed by atoms with Gasteiger partial charge in [0, 0.05) is 23.7 Å². The van der Waals surface area contributed by atoms with Gasteiger partial charge in [-0.3, -0.25) is 4.79 Å². The molecule has 1 rings (SSSR count). The van der Waals surface area contributed by atoms with Crippen molar-refractivity contribution in [2.75, 3.05) is 20.2 Å². The summed E-state index contributed by atoms with van der Waals surface area (Å²) in [5.74, 6) is -0.273. The van der Waals surface area contributed by atoms with Gasteiger partial charge < -0.3 is 15.2 Å². The van der Waals surface area contributed by atoms with Gasteiger partial charge in [-0.1, -0.05) is 29.8 Å². The largest absolute Gasteiger partial charge is 0.469 e. The second-order valence-electron chi connectivity index (χ2n) is 3.57. The molecule has 94 valence electrons. The van der Waals surface area contributed by atoms with E-state index in [0.29, 0.717) is 23.7 Å². The highest BCUT2D eigenvalue weighted by atomic mass is 35.5. The van der Waals surface area contributed by atoms with E-state index in [1.807, 2.05) is 12.1 Å². The lowest BCUT2D eigenvalue weighted by molar-refractivity contribution is -0.140. The number of halogens is 1. The number of aliphatic hydroxyl groups is 1. The van der Waals surface area contributed by atoms with Crippen molar-refractivity contribution in [2.45, 2.75) is 12.5 Å². The van der Waals surface area contributed by atoms with E-state index < -0.39 is 6.10 Å². The molecule has 0 heterocycles. The Bertz CT molecular complexity index is 371. The van der Waals surface area contributed by atoms with Gasteiger partial charge in [0.15, 0.2) is 0 Å². The molecule has 1 unspecified atom stereocenters. The summed E-state index contributed by atoms with van der Waals surface area (Å²) in [6.07, 6.45) is -0.396. The molecule has 0 aliphatic carbocycles. The zero-order chi connectivity index (χ0) is 12.7. The van der Waals surface area contributed by atoms with Crippen molar-refractivity contribution < 1.29 is 14.6 Å². The quantitative estimate of drug-likeness (QED) is 0.599.